The van der Waals surface area contributed by atoms with Gasteiger partial charge in [-0.1, -0.05) is 84.9 Å². The average Bonchev–Trinajstić information content (AvgIpc) is 3.58. The fourth-order valence-electron chi connectivity index (χ4n) is 7.72. The van der Waals surface area contributed by atoms with Gasteiger partial charge < -0.3 is 0 Å². The monoisotopic (exact) mass is 570 g/mol. The standard InChI is InChI=1S/C41H22N4/c42-19-25-15-28(23-44-21-25)27-13-14-34-38(17-27)41(36-11-5-3-8-31(36)32-9-4-6-12-37(32)41)39-18-35(29-16-26(20-43)22-45-24-29)30-7-1-2-10-33(30)40(34)39/h1-18,21-24H. The van der Waals surface area contributed by atoms with Crippen molar-refractivity contribution in [1.82, 2.24) is 9.97 Å². The maximum absolute atomic E-state index is 9.72. The first-order valence-electron chi connectivity index (χ1n) is 14.8. The first-order valence-corrected chi connectivity index (χ1v) is 14.8. The highest BCUT2D eigenvalue weighted by Gasteiger charge is 2.52. The van der Waals surface area contributed by atoms with Gasteiger partial charge in [0.1, 0.15) is 12.1 Å². The normalized spacial score (nSPS) is 13.0. The van der Waals surface area contributed by atoms with Gasteiger partial charge in [0.05, 0.1) is 16.5 Å². The van der Waals surface area contributed by atoms with Crippen molar-refractivity contribution < 1.29 is 0 Å². The van der Waals surface area contributed by atoms with E-state index in [4.69, 9.17) is 0 Å². The van der Waals surface area contributed by atoms with Crippen molar-refractivity contribution in [1.29, 1.82) is 10.5 Å². The Balaban J connectivity index is 1.46. The average molecular weight is 571 g/mol. The van der Waals surface area contributed by atoms with Gasteiger partial charge in [-0.2, -0.15) is 10.5 Å². The van der Waals surface area contributed by atoms with Crippen LogP contribution < -0.4 is 0 Å². The number of pyridine rings is 2. The lowest BCUT2D eigenvalue weighted by atomic mass is 9.69. The zero-order valence-corrected chi connectivity index (χ0v) is 24.0. The summed E-state index contributed by atoms with van der Waals surface area (Å²) in [6, 6.07) is 43.4. The van der Waals surface area contributed by atoms with Crippen molar-refractivity contribution in [3.05, 3.63) is 167 Å². The van der Waals surface area contributed by atoms with Gasteiger partial charge in [-0.05, 0) is 90.7 Å². The molecule has 0 bridgehead atoms. The predicted molar refractivity (Wildman–Crippen MR) is 176 cm³/mol. The van der Waals surface area contributed by atoms with Crippen LogP contribution in [0.2, 0.25) is 0 Å². The van der Waals surface area contributed by atoms with Crippen LogP contribution in [0.3, 0.4) is 0 Å². The summed E-state index contributed by atoms with van der Waals surface area (Å²) in [5, 5.41) is 21.6. The van der Waals surface area contributed by atoms with Crippen LogP contribution in [0, 0.1) is 22.7 Å². The fraction of sp³-hybridized carbons (Fsp3) is 0.0244. The quantitative estimate of drug-likeness (QED) is 0.208. The van der Waals surface area contributed by atoms with Crippen molar-refractivity contribution in [2.75, 3.05) is 0 Å². The molecule has 2 aliphatic rings. The van der Waals surface area contributed by atoms with E-state index in [2.05, 4.69) is 119 Å². The minimum Gasteiger partial charge on any atom is -0.263 e. The second-order valence-corrected chi connectivity index (χ2v) is 11.6. The topological polar surface area (TPSA) is 73.4 Å². The summed E-state index contributed by atoms with van der Waals surface area (Å²) in [5.74, 6) is 0. The van der Waals surface area contributed by atoms with Crippen LogP contribution in [0.15, 0.2) is 134 Å². The Morgan fingerprint density at radius 2 is 1.04 bits per heavy atom. The van der Waals surface area contributed by atoms with E-state index in [1.807, 2.05) is 24.5 Å². The van der Waals surface area contributed by atoms with Crippen LogP contribution in [0.5, 0.6) is 0 Å². The number of benzene rings is 5. The molecule has 2 aliphatic carbocycles. The third kappa shape index (κ3) is 3.34. The van der Waals surface area contributed by atoms with Crippen molar-refractivity contribution in [2.45, 2.75) is 5.41 Å². The van der Waals surface area contributed by atoms with Crippen LogP contribution in [-0.4, -0.2) is 9.97 Å². The third-order valence-electron chi connectivity index (χ3n) is 9.47. The summed E-state index contributed by atoms with van der Waals surface area (Å²) < 4.78 is 0. The summed E-state index contributed by atoms with van der Waals surface area (Å²) in [6.45, 7) is 0. The largest absolute Gasteiger partial charge is 0.263 e. The van der Waals surface area contributed by atoms with Gasteiger partial charge in [0.25, 0.3) is 0 Å². The first kappa shape index (κ1) is 25.2. The summed E-state index contributed by atoms with van der Waals surface area (Å²) >= 11 is 0. The Hall–Kier alpha value is -6.36. The van der Waals surface area contributed by atoms with Crippen LogP contribution in [0.1, 0.15) is 33.4 Å². The molecule has 0 radical (unpaired) electrons. The smallest absolute Gasteiger partial charge is 0.101 e. The summed E-state index contributed by atoms with van der Waals surface area (Å²) in [7, 11) is 0. The van der Waals surface area contributed by atoms with Gasteiger partial charge in [0, 0.05) is 35.9 Å². The van der Waals surface area contributed by atoms with Crippen LogP contribution >= 0.6 is 0 Å². The summed E-state index contributed by atoms with van der Waals surface area (Å²) in [5.41, 5.74) is 14.2. The molecule has 9 rings (SSSR count). The SMILES string of the molecule is N#Cc1cncc(-c2ccc3c(c2)C2(c4ccccc4-c4ccccc42)c2cc(-c4cncc(C#N)c4)c4ccccc4c2-3)c1. The number of fused-ring (bicyclic) bond motifs is 12. The minimum atomic E-state index is -0.576. The third-order valence-corrected chi connectivity index (χ3v) is 9.47. The first-order chi connectivity index (χ1) is 22.2. The number of nitrogens with zero attached hydrogens (tertiary/aromatic N) is 4. The molecule has 2 aromatic heterocycles. The fourth-order valence-corrected chi connectivity index (χ4v) is 7.72. The molecule has 2 heterocycles. The Morgan fingerprint density at radius 3 is 1.73 bits per heavy atom. The molecule has 4 nitrogen and oxygen atoms in total. The molecule has 0 N–H and O–H groups in total. The molecule has 206 valence electrons. The maximum Gasteiger partial charge on any atom is 0.101 e. The molecule has 0 saturated carbocycles. The van der Waals surface area contributed by atoms with E-state index < -0.39 is 5.41 Å². The number of rotatable bonds is 2. The Labute approximate surface area is 260 Å². The molecule has 0 saturated heterocycles. The van der Waals surface area contributed by atoms with Crippen LogP contribution in [0.4, 0.5) is 0 Å². The molecule has 0 amide bonds. The van der Waals surface area contributed by atoms with Gasteiger partial charge in [0.2, 0.25) is 0 Å². The summed E-state index contributed by atoms with van der Waals surface area (Å²) in [6.07, 6.45) is 6.89. The highest BCUT2D eigenvalue weighted by atomic mass is 14.6. The molecule has 45 heavy (non-hydrogen) atoms. The molecular weight excluding hydrogens is 548 g/mol. The molecule has 0 fully saturated rings. The van der Waals surface area contributed by atoms with E-state index in [-0.39, 0.29) is 0 Å². The van der Waals surface area contributed by atoms with E-state index in [0.29, 0.717) is 11.1 Å². The van der Waals surface area contributed by atoms with E-state index in [1.54, 1.807) is 12.4 Å². The van der Waals surface area contributed by atoms with E-state index in [0.717, 1.165) is 33.0 Å². The maximum atomic E-state index is 9.72. The molecule has 5 aromatic carbocycles. The zero-order chi connectivity index (χ0) is 30.1. The lowest BCUT2D eigenvalue weighted by Gasteiger charge is -2.31. The molecule has 0 aliphatic heterocycles. The van der Waals surface area contributed by atoms with E-state index in [9.17, 15) is 10.5 Å². The number of aromatic nitrogens is 2. The van der Waals surface area contributed by atoms with Crippen molar-refractivity contribution in [3.63, 3.8) is 0 Å². The number of nitriles is 2. The molecule has 4 heteroatoms. The highest BCUT2D eigenvalue weighted by Crippen LogP contribution is 2.64. The number of hydrogen-bond acceptors (Lipinski definition) is 4. The molecule has 1 spiro atoms. The van der Waals surface area contributed by atoms with E-state index in [1.165, 1.54) is 44.5 Å². The molecular formula is C41H22N4. The van der Waals surface area contributed by atoms with Gasteiger partial charge in [-0.25, -0.2) is 0 Å². The molecule has 0 unspecified atom stereocenters. The van der Waals surface area contributed by atoms with Gasteiger partial charge in [-0.15, -0.1) is 0 Å². The van der Waals surface area contributed by atoms with Gasteiger partial charge in [-0.3, -0.25) is 9.97 Å². The van der Waals surface area contributed by atoms with Crippen molar-refractivity contribution >= 4 is 10.8 Å². The molecule has 0 atom stereocenters. The van der Waals surface area contributed by atoms with Crippen LogP contribution in [-0.2, 0) is 5.41 Å². The zero-order valence-electron chi connectivity index (χ0n) is 24.0. The van der Waals surface area contributed by atoms with Crippen molar-refractivity contribution in [2.24, 2.45) is 0 Å². The van der Waals surface area contributed by atoms with E-state index >= 15 is 0 Å². The second kappa shape index (κ2) is 9.32. The lowest BCUT2D eigenvalue weighted by Crippen LogP contribution is -2.26. The number of hydrogen-bond donors (Lipinski definition) is 0. The predicted octanol–water partition coefficient (Wildman–Crippen LogP) is 9.05. The Morgan fingerprint density at radius 1 is 0.444 bits per heavy atom. The second-order valence-electron chi connectivity index (χ2n) is 11.6. The van der Waals surface area contributed by atoms with Crippen molar-refractivity contribution in [3.8, 4) is 56.6 Å². The molecule has 7 aromatic rings. The highest BCUT2D eigenvalue weighted by molar-refractivity contribution is 6.11. The van der Waals surface area contributed by atoms with Crippen LogP contribution in [0.25, 0.3) is 55.3 Å². The Bertz CT molecular complexity index is 2430. The Kier molecular flexibility index (Phi) is 5.21. The minimum absolute atomic E-state index is 0.532. The van der Waals surface area contributed by atoms with Gasteiger partial charge in [0.15, 0.2) is 0 Å². The summed E-state index contributed by atoms with van der Waals surface area (Å²) in [4.78, 5) is 8.82. The van der Waals surface area contributed by atoms with Gasteiger partial charge >= 0.3 is 0 Å². The lowest BCUT2D eigenvalue weighted by molar-refractivity contribution is 0.795.